The van der Waals surface area contributed by atoms with Crippen molar-refractivity contribution in [1.29, 1.82) is 0 Å². The average Bonchev–Trinajstić information content (AvgIpc) is 3.21. The molecule has 0 N–H and O–H groups in total. The van der Waals surface area contributed by atoms with Crippen LogP contribution in [0.3, 0.4) is 0 Å². The zero-order chi connectivity index (χ0) is 19.0. The Bertz CT molecular complexity index is 1190. The lowest BCUT2D eigenvalue weighted by atomic mass is 10.1. The van der Waals surface area contributed by atoms with Gasteiger partial charge in [-0.3, -0.25) is 9.78 Å². The second kappa shape index (κ2) is 6.57. The maximum absolute atomic E-state index is 13.1. The number of carbonyl (C=O) groups is 1. The first-order valence-corrected chi connectivity index (χ1v) is 8.29. The fourth-order valence-corrected chi connectivity index (χ4v) is 2.73. The van der Waals surface area contributed by atoms with Crippen LogP contribution in [0, 0.1) is 13.8 Å². The number of furan rings is 1. The van der Waals surface area contributed by atoms with Crippen LogP contribution in [-0.4, -0.2) is 11.0 Å². The fourth-order valence-electron chi connectivity index (χ4n) is 2.73. The number of aryl methyl sites for hydroxylation is 2. The third-order valence-electron chi connectivity index (χ3n) is 4.30. The molecule has 0 fully saturated rings. The van der Waals surface area contributed by atoms with Crippen molar-refractivity contribution in [3.63, 3.8) is 0 Å². The first-order chi connectivity index (χ1) is 13.0. The van der Waals surface area contributed by atoms with Crippen LogP contribution in [0.25, 0.3) is 22.5 Å². The van der Waals surface area contributed by atoms with Crippen molar-refractivity contribution in [2.75, 3.05) is 0 Å². The minimum absolute atomic E-state index is 0.0676. The molecule has 134 valence electrons. The van der Waals surface area contributed by atoms with Crippen LogP contribution in [0.4, 0.5) is 0 Å². The minimum Gasteiger partial charge on any atom is -0.461 e. The van der Waals surface area contributed by atoms with Crippen LogP contribution in [0.5, 0.6) is 5.75 Å². The van der Waals surface area contributed by atoms with Crippen LogP contribution >= 0.6 is 0 Å². The SMILES string of the molecule is Cc1cc2oc(-c3ccco3)c(OC(=O)c3cccnc3)c(=O)c2cc1C. The maximum Gasteiger partial charge on any atom is 0.345 e. The number of benzene rings is 1. The molecule has 0 atom stereocenters. The molecule has 6 heteroatoms. The molecule has 4 aromatic rings. The van der Waals surface area contributed by atoms with Gasteiger partial charge in [0.15, 0.2) is 5.76 Å². The molecule has 0 saturated heterocycles. The van der Waals surface area contributed by atoms with E-state index in [-0.39, 0.29) is 17.1 Å². The lowest BCUT2D eigenvalue weighted by Crippen LogP contribution is -2.16. The number of fused-ring (bicyclic) bond motifs is 1. The summed E-state index contributed by atoms with van der Waals surface area (Å²) in [6.45, 7) is 3.83. The normalized spacial score (nSPS) is 10.9. The van der Waals surface area contributed by atoms with Crippen molar-refractivity contribution in [3.05, 3.63) is 82.0 Å². The van der Waals surface area contributed by atoms with E-state index >= 15 is 0 Å². The zero-order valence-electron chi connectivity index (χ0n) is 14.7. The van der Waals surface area contributed by atoms with Crippen LogP contribution < -0.4 is 10.2 Å². The van der Waals surface area contributed by atoms with Crippen molar-refractivity contribution < 1.29 is 18.4 Å². The van der Waals surface area contributed by atoms with Gasteiger partial charge in [-0.15, -0.1) is 0 Å². The Hall–Kier alpha value is -3.67. The third kappa shape index (κ3) is 3.01. The smallest absolute Gasteiger partial charge is 0.345 e. The topological polar surface area (TPSA) is 82.5 Å². The van der Waals surface area contributed by atoms with E-state index < -0.39 is 11.4 Å². The van der Waals surface area contributed by atoms with E-state index in [0.717, 1.165) is 11.1 Å². The highest BCUT2D eigenvalue weighted by atomic mass is 16.5. The molecule has 0 unspecified atom stereocenters. The van der Waals surface area contributed by atoms with E-state index in [4.69, 9.17) is 13.6 Å². The Morgan fingerprint density at radius 1 is 1.11 bits per heavy atom. The van der Waals surface area contributed by atoms with Gasteiger partial charge in [0.25, 0.3) is 0 Å². The summed E-state index contributed by atoms with van der Waals surface area (Å²) in [5.74, 6) is -0.555. The number of hydrogen-bond acceptors (Lipinski definition) is 6. The van der Waals surface area contributed by atoms with Gasteiger partial charge < -0.3 is 13.6 Å². The number of ether oxygens (including phenoxy) is 1. The predicted octanol–water partition coefficient (Wildman–Crippen LogP) is 4.28. The molecule has 6 nitrogen and oxygen atoms in total. The Morgan fingerprint density at radius 2 is 1.93 bits per heavy atom. The molecule has 27 heavy (non-hydrogen) atoms. The first kappa shape index (κ1) is 16.8. The molecule has 0 aliphatic rings. The Labute approximate surface area is 154 Å². The molecule has 0 bridgehead atoms. The maximum atomic E-state index is 13.1. The molecule has 0 aliphatic heterocycles. The molecule has 0 spiro atoms. The van der Waals surface area contributed by atoms with Crippen LogP contribution in [0.15, 0.2) is 68.7 Å². The summed E-state index contributed by atoms with van der Waals surface area (Å²) < 4.78 is 16.7. The summed E-state index contributed by atoms with van der Waals surface area (Å²) in [6, 6.07) is 9.96. The Morgan fingerprint density at radius 3 is 2.63 bits per heavy atom. The average molecular weight is 361 g/mol. The highest BCUT2D eigenvalue weighted by molar-refractivity contribution is 5.92. The monoisotopic (exact) mass is 361 g/mol. The first-order valence-electron chi connectivity index (χ1n) is 8.29. The summed E-state index contributed by atoms with van der Waals surface area (Å²) in [7, 11) is 0. The Kier molecular flexibility index (Phi) is 4.08. The van der Waals surface area contributed by atoms with Crippen molar-refractivity contribution >= 4 is 16.9 Å². The number of hydrogen-bond donors (Lipinski definition) is 0. The molecule has 0 aliphatic carbocycles. The van der Waals surface area contributed by atoms with Gasteiger partial charge >= 0.3 is 5.97 Å². The molecule has 3 heterocycles. The number of pyridine rings is 1. The quantitative estimate of drug-likeness (QED) is 0.506. The molecule has 0 radical (unpaired) electrons. The van der Waals surface area contributed by atoms with E-state index in [2.05, 4.69) is 4.98 Å². The van der Waals surface area contributed by atoms with E-state index in [1.165, 1.54) is 12.5 Å². The van der Waals surface area contributed by atoms with Crippen molar-refractivity contribution in [2.24, 2.45) is 0 Å². The van der Waals surface area contributed by atoms with Crippen LogP contribution in [-0.2, 0) is 0 Å². The highest BCUT2D eigenvalue weighted by Gasteiger charge is 2.23. The second-order valence-corrected chi connectivity index (χ2v) is 6.13. The van der Waals surface area contributed by atoms with Gasteiger partial charge in [-0.25, -0.2) is 4.79 Å². The molecule has 4 rings (SSSR count). The molecule has 1 aromatic carbocycles. The molecule has 3 aromatic heterocycles. The lowest BCUT2D eigenvalue weighted by Gasteiger charge is -2.10. The van der Waals surface area contributed by atoms with E-state index in [9.17, 15) is 9.59 Å². The Balaban J connectivity index is 1.93. The van der Waals surface area contributed by atoms with Gasteiger partial charge in [0.05, 0.1) is 17.2 Å². The summed E-state index contributed by atoms with van der Waals surface area (Å²) in [4.78, 5) is 29.4. The van der Waals surface area contributed by atoms with Gasteiger partial charge in [-0.05, 0) is 61.4 Å². The van der Waals surface area contributed by atoms with Gasteiger partial charge in [0.1, 0.15) is 5.58 Å². The number of aromatic nitrogens is 1. The fraction of sp³-hybridized carbons (Fsp3) is 0.0952. The standard InChI is InChI=1S/C21H15NO5/c1-12-9-15-17(10-13(12)2)26-19(16-6-4-8-25-16)20(18(15)23)27-21(24)14-5-3-7-22-11-14/h3-11H,1-2H3. The second-order valence-electron chi connectivity index (χ2n) is 6.13. The van der Waals surface area contributed by atoms with Crippen LogP contribution in [0.1, 0.15) is 21.5 Å². The van der Waals surface area contributed by atoms with Gasteiger partial charge in [-0.2, -0.15) is 0 Å². The van der Waals surface area contributed by atoms with E-state index in [1.54, 1.807) is 42.6 Å². The molecular weight excluding hydrogens is 346 g/mol. The number of carbonyl (C=O) groups excluding carboxylic acids is 1. The van der Waals surface area contributed by atoms with E-state index in [1.807, 2.05) is 13.8 Å². The summed E-state index contributed by atoms with van der Waals surface area (Å²) in [5, 5.41) is 0.336. The van der Waals surface area contributed by atoms with Crippen molar-refractivity contribution in [1.82, 2.24) is 4.98 Å². The molecule has 0 saturated carbocycles. The highest BCUT2D eigenvalue weighted by Crippen LogP contribution is 2.32. The number of nitrogens with zero attached hydrogens (tertiary/aromatic N) is 1. The van der Waals surface area contributed by atoms with E-state index in [0.29, 0.717) is 16.7 Å². The number of rotatable bonds is 3. The largest absolute Gasteiger partial charge is 0.461 e. The lowest BCUT2D eigenvalue weighted by molar-refractivity contribution is 0.0730. The summed E-state index contributed by atoms with van der Waals surface area (Å²) in [5.41, 5.74) is 2.10. The summed E-state index contributed by atoms with van der Waals surface area (Å²) >= 11 is 0. The zero-order valence-corrected chi connectivity index (χ0v) is 14.7. The summed E-state index contributed by atoms with van der Waals surface area (Å²) in [6.07, 6.45) is 4.36. The molecule has 0 amide bonds. The van der Waals surface area contributed by atoms with Crippen LogP contribution in [0.2, 0.25) is 0 Å². The minimum atomic E-state index is -0.702. The van der Waals surface area contributed by atoms with Gasteiger partial charge in [0.2, 0.25) is 16.9 Å². The van der Waals surface area contributed by atoms with Crippen molar-refractivity contribution in [3.8, 4) is 17.3 Å². The third-order valence-corrected chi connectivity index (χ3v) is 4.30. The van der Waals surface area contributed by atoms with Gasteiger partial charge in [-0.1, -0.05) is 0 Å². The van der Waals surface area contributed by atoms with Gasteiger partial charge in [0, 0.05) is 12.4 Å². The molecular formula is C21H15NO5. The number of esters is 1. The van der Waals surface area contributed by atoms with Crippen molar-refractivity contribution in [2.45, 2.75) is 13.8 Å². The predicted molar refractivity (Wildman–Crippen MR) is 98.9 cm³/mol.